The first-order valence-electron chi connectivity index (χ1n) is 9.80. The van der Waals surface area contributed by atoms with Gasteiger partial charge < -0.3 is 5.32 Å². The first-order valence-corrected chi connectivity index (χ1v) is 9.80. The topological polar surface area (TPSA) is 66.5 Å². The van der Waals surface area contributed by atoms with E-state index in [1.165, 1.54) is 18.2 Å². The summed E-state index contributed by atoms with van der Waals surface area (Å²) >= 11 is 0. The van der Waals surface area contributed by atoms with E-state index in [1.807, 2.05) is 54.6 Å². The van der Waals surface area contributed by atoms with E-state index in [4.69, 9.17) is 0 Å². The summed E-state index contributed by atoms with van der Waals surface area (Å²) in [6.45, 7) is 0. The molecule has 0 aliphatic heterocycles. The van der Waals surface area contributed by atoms with Gasteiger partial charge in [-0.25, -0.2) is 9.97 Å². The Kier molecular flexibility index (Phi) is 4.82. The van der Waals surface area contributed by atoms with Crippen molar-refractivity contribution in [1.29, 1.82) is 0 Å². The Morgan fingerprint density at radius 1 is 0.781 bits per heavy atom. The highest BCUT2D eigenvalue weighted by Gasteiger charge is 2.34. The molecular formula is C24H16F3N5. The summed E-state index contributed by atoms with van der Waals surface area (Å²) in [5.74, 6) is 0.832. The van der Waals surface area contributed by atoms with Crippen LogP contribution in [0.25, 0.3) is 33.5 Å². The van der Waals surface area contributed by atoms with Crippen LogP contribution in [0.2, 0.25) is 0 Å². The molecule has 0 saturated carbocycles. The van der Waals surface area contributed by atoms with Gasteiger partial charge >= 0.3 is 6.18 Å². The van der Waals surface area contributed by atoms with Crippen LogP contribution >= 0.6 is 0 Å². The molecular weight excluding hydrogens is 415 g/mol. The van der Waals surface area contributed by atoms with Gasteiger partial charge in [0, 0.05) is 22.6 Å². The highest BCUT2D eigenvalue weighted by molar-refractivity contribution is 5.91. The van der Waals surface area contributed by atoms with Crippen LogP contribution in [0.4, 0.5) is 24.8 Å². The van der Waals surface area contributed by atoms with Crippen molar-refractivity contribution in [3.63, 3.8) is 0 Å². The maximum atomic E-state index is 13.7. The molecule has 0 spiro atoms. The van der Waals surface area contributed by atoms with Crippen LogP contribution in [0.3, 0.4) is 0 Å². The summed E-state index contributed by atoms with van der Waals surface area (Å²) in [4.78, 5) is 8.87. The van der Waals surface area contributed by atoms with E-state index in [9.17, 15) is 13.2 Å². The zero-order valence-electron chi connectivity index (χ0n) is 16.6. The minimum Gasteiger partial charge on any atom is -0.323 e. The molecule has 5 nitrogen and oxygen atoms in total. The first kappa shape index (κ1) is 19.7. The van der Waals surface area contributed by atoms with Gasteiger partial charge in [-0.1, -0.05) is 60.7 Å². The lowest BCUT2D eigenvalue weighted by molar-refractivity contribution is -0.137. The molecule has 158 valence electrons. The highest BCUT2D eigenvalue weighted by atomic mass is 19.4. The minimum atomic E-state index is -4.53. The summed E-state index contributed by atoms with van der Waals surface area (Å²) in [7, 11) is 0. The molecule has 32 heavy (non-hydrogen) atoms. The number of hydrogen-bond acceptors (Lipinski definition) is 4. The Hall–Kier alpha value is -4.20. The number of nitrogens with one attached hydrogen (secondary N) is 2. The third kappa shape index (κ3) is 3.78. The molecule has 3 aromatic carbocycles. The number of anilines is 2. The zero-order chi connectivity index (χ0) is 22.1. The largest absolute Gasteiger partial charge is 0.417 e. The van der Waals surface area contributed by atoms with E-state index in [1.54, 1.807) is 6.07 Å². The minimum absolute atomic E-state index is 0.0263. The Balaban J connectivity index is 1.67. The Morgan fingerprint density at radius 3 is 2.31 bits per heavy atom. The first-order chi connectivity index (χ1) is 15.5. The van der Waals surface area contributed by atoms with Crippen molar-refractivity contribution < 1.29 is 13.2 Å². The molecule has 0 atom stereocenters. The summed E-state index contributed by atoms with van der Waals surface area (Å²) in [5, 5.41) is 11.2. The van der Waals surface area contributed by atoms with Crippen molar-refractivity contribution in [3.05, 3.63) is 90.5 Å². The lowest BCUT2D eigenvalue weighted by Gasteiger charge is -2.14. The number of benzene rings is 3. The van der Waals surface area contributed by atoms with Crippen LogP contribution < -0.4 is 5.32 Å². The van der Waals surface area contributed by atoms with Gasteiger partial charge in [0.05, 0.1) is 16.8 Å². The summed E-state index contributed by atoms with van der Waals surface area (Å²) in [5.41, 5.74) is 1.20. The molecule has 8 heteroatoms. The van der Waals surface area contributed by atoms with Crippen molar-refractivity contribution in [2.24, 2.45) is 0 Å². The predicted molar refractivity (Wildman–Crippen MR) is 117 cm³/mol. The van der Waals surface area contributed by atoms with E-state index in [-0.39, 0.29) is 11.4 Å². The van der Waals surface area contributed by atoms with Crippen LogP contribution in [-0.2, 0) is 6.18 Å². The molecule has 0 aliphatic rings. The third-order valence-corrected chi connectivity index (χ3v) is 4.99. The van der Waals surface area contributed by atoms with E-state index < -0.39 is 11.7 Å². The average molecular weight is 431 g/mol. The number of fused-ring (bicyclic) bond motifs is 1. The Bertz CT molecular complexity index is 1390. The smallest absolute Gasteiger partial charge is 0.323 e. The molecule has 5 rings (SSSR count). The number of para-hydroxylation sites is 1. The van der Waals surface area contributed by atoms with Crippen molar-refractivity contribution in [1.82, 2.24) is 20.2 Å². The zero-order valence-corrected chi connectivity index (χ0v) is 16.6. The molecule has 0 bridgehead atoms. The lowest BCUT2D eigenvalue weighted by atomic mass is 10.1. The van der Waals surface area contributed by atoms with Gasteiger partial charge in [-0.05, 0) is 18.2 Å². The summed E-state index contributed by atoms with van der Waals surface area (Å²) in [6.07, 6.45) is -4.53. The normalized spacial score (nSPS) is 11.6. The van der Waals surface area contributed by atoms with Gasteiger partial charge in [-0.15, -0.1) is 0 Å². The third-order valence-electron chi connectivity index (χ3n) is 4.99. The fraction of sp³-hybridized carbons (Fsp3) is 0.0417. The highest BCUT2D eigenvalue weighted by Crippen LogP contribution is 2.37. The maximum absolute atomic E-state index is 13.7. The van der Waals surface area contributed by atoms with E-state index in [0.717, 1.165) is 22.5 Å². The second-order valence-corrected chi connectivity index (χ2v) is 7.11. The quantitative estimate of drug-likeness (QED) is 0.343. The van der Waals surface area contributed by atoms with Crippen molar-refractivity contribution in [2.45, 2.75) is 6.18 Å². The number of alkyl halides is 3. The average Bonchev–Trinajstić information content (AvgIpc) is 3.22. The fourth-order valence-corrected chi connectivity index (χ4v) is 3.49. The van der Waals surface area contributed by atoms with E-state index >= 15 is 0 Å². The molecule has 2 heterocycles. The number of rotatable bonds is 4. The van der Waals surface area contributed by atoms with Gasteiger partial charge in [-0.3, -0.25) is 5.10 Å². The number of hydrogen-bond donors (Lipinski definition) is 2. The van der Waals surface area contributed by atoms with E-state index in [0.29, 0.717) is 17.3 Å². The van der Waals surface area contributed by atoms with Gasteiger partial charge in [0.25, 0.3) is 0 Å². The molecule has 0 amide bonds. The number of aromatic amines is 1. The second-order valence-electron chi connectivity index (χ2n) is 7.11. The number of aromatic nitrogens is 4. The molecule has 0 saturated heterocycles. The number of halogens is 3. The fourth-order valence-electron chi connectivity index (χ4n) is 3.49. The molecule has 2 N–H and O–H groups in total. The maximum Gasteiger partial charge on any atom is 0.417 e. The molecule has 0 fully saturated rings. The molecule has 0 aliphatic carbocycles. The lowest BCUT2D eigenvalue weighted by Crippen LogP contribution is -2.09. The van der Waals surface area contributed by atoms with Crippen LogP contribution in [0.5, 0.6) is 0 Å². The molecule has 0 unspecified atom stereocenters. The van der Waals surface area contributed by atoms with Gasteiger partial charge in [0.2, 0.25) is 0 Å². The Labute approximate surface area is 181 Å². The molecule has 2 aromatic heterocycles. The van der Waals surface area contributed by atoms with Crippen LogP contribution in [-0.4, -0.2) is 20.2 Å². The summed E-state index contributed by atoms with van der Waals surface area (Å²) in [6, 6.07) is 23.8. The van der Waals surface area contributed by atoms with Crippen LogP contribution in [0.15, 0.2) is 84.9 Å². The van der Waals surface area contributed by atoms with Crippen LogP contribution in [0, 0.1) is 0 Å². The van der Waals surface area contributed by atoms with Gasteiger partial charge in [0.1, 0.15) is 5.82 Å². The number of nitrogens with zero attached hydrogens (tertiary/aromatic N) is 3. The van der Waals surface area contributed by atoms with Crippen molar-refractivity contribution in [3.8, 4) is 22.6 Å². The van der Waals surface area contributed by atoms with Crippen molar-refractivity contribution >= 4 is 22.5 Å². The monoisotopic (exact) mass is 431 g/mol. The Morgan fingerprint density at radius 2 is 1.50 bits per heavy atom. The van der Waals surface area contributed by atoms with Crippen LogP contribution in [0.1, 0.15) is 5.56 Å². The van der Waals surface area contributed by atoms with E-state index in [2.05, 4.69) is 25.5 Å². The predicted octanol–water partition coefficient (Wildman–Crippen LogP) is 6.45. The summed E-state index contributed by atoms with van der Waals surface area (Å²) < 4.78 is 41.0. The van der Waals surface area contributed by atoms with Crippen molar-refractivity contribution in [2.75, 3.05) is 5.32 Å². The standard InChI is InChI=1S/C24H16F3N5/c25-24(26,27)18-12-6-4-10-16(18)22-28-20(15-8-2-1-3-9-15)14-21(29-22)30-23-17-11-5-7-13-19(17)31-32-23/h1-14H,(H2,28,29,30,31,32). The van der Waals surface area contributed by atoms with Gasteiger partial charge in [-0.2, -0.15) is 18.3 Å². The SMILES string of the molecule is FC(F)(F)c1ccccc1-c1nc(Nc2n[nH]c3ccccc23)cc(-c2ccccc2)n1. The molecule has 0 radical (unpaired) electrons. The molecule has 5 aromatic rings. The van der Waals surface area contributed by atoms with Gasteiger partial charge in [0.15, 0.2) is 11.6 Å². The second kappa shape index (κ2) is 7.81. The number of H-pyrrole nitrogens is 1.